The van der Waals surface area contributed by atoms with Gasteiger partial charge in [0.15, 0.2) is 0 Å². The van der Waals surface area contributed by atoms with E-state index in [0.29, 0.717) is 10.0 Å². The van der Waals surface area contributed by atoms with E-state index >= 15 is 0 Å². The molecule has 0 saturated carbocycles. The SMILES string of the molecule is CCNC(c1cc(F)ccc1C)c1ccc(Cl)cc1Cl. The largest absolute Gasteiger partial charge is 0.306 e. The van der Waals surface area contributed by atoms with Crippen molar-refractivity contribution in [1.82, 2.24) is 5.32 Å². The Morgan fingerprint density at radius 2 is 1.85 bits per heavy atom. The summed E-state index contributed by atoms with van der Waals surface area (Å²) in [7, 11) is 0. The summed E-state index contributed by atoms with van der Waals surface area (Å²) in [4.78, 5) is 0. The highest BCUT2D eigenvalue weighted by Gasteiger charge is 2.18. The summed E-state index contributed by atoms with van der Waals surface area (Å²) in [6, 6.07) is 10.0. The summed E-state index contributed by atoms with van der Waals surface area (Å²) in [5.74, 6) is -0.251. The molecule has 20 heavy (non-hydrogen) atoms. The van der Waals surface area contributed by atoms with Crippen LogP contribution in [0.15, 0.2) is 36.4 Å². The molecular weight excluding hydrogens is 296 g/mol. The summed E-state index contributed by atoms with van der Waals surface area (Å²) in [5.41, 5.74) is 2.80. The predicted octanol–water partition coefficient (Wildman–Crippen LogP) is 5.14. The number of halogens is 3. The molecule has 0 amide bonds. The Kier molecular flexibility index (Phi) is 5.03. The van der Waals surface area contributed by atoms with Crippen LogP contribution in [0.3, 0.4) is 0 Å². The van der Waals surface area contributed by atoms with Gasteiger partial charge in [-0.25, -0.2) is 4.39 Å². The number of hydrogen-bond acceptors (Lipinski definition) is 1. The zero-order valence-corrected chi connectivity index (χ0v) is 12.9. The first kappa shape index (κ1) is 15.3. The standard InChI is InChI=1S/C16H16Cl2FN/c1-3-20-16(13-7-5-11(17)8-15(13)18)14-9-12(19)6-4-10(14)2/h4-9,16,20H,3H2,1-2H3. The molecule has 4 heteroatoms. The van der Waals surface area contributed by atoms with E-state index in [1.165, 1.54) is 6.07 Å². The van der Waals surface area contributed by atoms with Gasteiger partial charge in [-0.1, -0.05) is 42.3 Å². The molecule has 0 aliphatic carbocycles. The van der Waals surface area contributed by atoms with Gasteiger partial charge < -0.3 is 5.32 Å². The predicted molar refractivity (Wildman–Crippen MR) is 83.1 cm³/mol. The minimum absolute atomic E-state index is 0.152. The fourth-order valence-electron chi connectivity index (χ4n) is 2.25. The van der Waals surface area contributed by atoms with E-state index in [1.54, 1.807) is 24.3 Å². The molecule has 0 aliphatic heterocycles. The van der Waals surface area contributed by atoms with Crippen LogP contribution in [0.1, 0.15) is 29.7 Å². The molecule has 106 valence electrons. The first-order valence-corrected chi connectivity index (χ1v) is 7.23. The highest BCUT2D eigenvalue weighted by atomic mass is 35.5. The van der Waals surface area contributed by atoms with Crippen LogP contribution in [0.5, 0.6) is 0 Å². The van der Waals surface area contributed by atoms with Crippen LogP contribution in [-0.4, -0.2) is 6.54 Å². The number of benzene rings is 2. The maximum Gasteiger partial charge on any atom is 0.123 e. The molecule has 2 aromatic rings. The highest BCUT2D eigenvalue weighted by molar-refractivity contribution is 6.35. The molecule has 0 saturated heterocycles. The second-order valence-corrected chi connectivity index (χ2v) is 5.50. The van der Waals surface area contributed by atoms with E-state index in [0.717, 1.165) is 23.2 Å². The summed E-state index contributed by atoms with van der Waals surface area (Å²) < 4.78 is 13.5. The number of nitrogens with one attached hydrogen (secondary N) is 1. The van der Waals surface area contributed by atoms with E-state index in [4.69, 9.17) is 23.2 Å². The lowest BCUT2D eigenvalue weighted by Crippen LogP contribution is -2.23. The Labute approximate surface area is 128 Å². The van der Waals surface area contributed by atoms with Crippen LogP contribution >= 0.6 is 23.2 Å². The number of aryl methyl sites for hydroxylation is 1. The Balaban J connectivity index is 2.53. The highest BCUT2D eigenvalue weighted by Crippen LogP contribution is 2.32. The molecule has 1 atom stereocenters. The van der Waals surface area contributed by atoms with Crippen LogP contribution in [0.25, 0.3) is 0 Å². The van der Waals surface area contributed by atoms with Crippen LogP contribution < -0.4 is 5.32 Å². The molecular formula is C16H16Cl2FN. The van der Waals surface area contributed by atoms with Crippen molar-refractivity contribution in [2.75, 3.05) is 6.54 Å². The fourth-order valence-corrected chi connectivity index (χ4v) is 2.77. The van der Waals surface area contributed by atoms with Crippen molar-refractivity contribution in [3.05, 3.63) is 69.0 Å². The quantitative estimate of drug-likeness (QED) is 0.824. The minimum Gasteiger partial charge on any atom is -0.306 e. The van der Waals surface area contributed by atoms with Crippen molar-refractivity contribution < 1.29 is 4.39 Å². The molecule has 1 nitrogen and oxygen atoms in total. The van der Waals surface area contributed by atoms with Gasteiger partial charge in [0, 0.05) is 10.0 Å². The Bertz CT molecular complexity index is 613. The molecule has 2 aromatic carbocycles. The second-order valence-electron chi connectivity index (χ2n) is 4.66. The van der Waals surface area contributed by atoms with Gasteiger partial charge in [-0.3, -0.25) is 0 Å². The van der Waals surface area contributed by atoms with Crippen LogP contribution in [0.2, 0.25) is 10.0 Å². The Morgan fingerprint density at radius 1 is 1.10 bits per heavy atom. The molecule has 0 spiro atoms. The van der Waals surface area contributed by atoms with Gasteiger partial charge in [0.05, 0.1) is 6.04 Å². The van der Waals surface area contributed by atoms with Crippen LogP contribution in [-0.2, 0) is 0 Å². The van der Waals surface area contributed by atoms with E-state index < -0.39 is 0 Å². The Morgan fingerprint density at radius 3 is 2.50 bits per heavy atom. The Hall–Kier alpha value is -1.09. The average Bonchev–Trinajstić information content (AvgIpc) is 2.40. The van der Waals surface area contributed by atoms with Crippen molar-refractivity contribution in [2.45, 2.75) is 19.9 Å². The van der Waals surface area contributed by atoms with Gasteiger partial charge in [-0.2, -0.15) is 0 Å². The summed E-state index contributed by atoms with van der Waals surface area (Å²) in [6.07, 6.45) is 0. The maximum atomic E-state index is 13.5. The van der Waals surface area contributed by atoms with Crippen molar-refractivity contribution in [2.24, 2.45) is 0 Å². The number of hydrogen-bond donors (Lipinski definition) is 1. The molecule has 0 radical (unpaired) electrons. The molecule has 0 aromatic heterocycles. The first-order chi connectivity index (χ1) is 9.52. The first-order valence-electron chi connectivity index (χ1n) is 6.47. The van der Waals surface area contributed by atoms with Gasteiger partial charge >= 0.3 is 0 Å². The van der Waals surface area contributed by atoms with E-state index in [2.05, 4.69) is 5.32 Å². The van der Waals surface area contributed by atoms with Crippen molar-refractivity contribution >= 4 is 23.2 Å². The van der Waals surface area contributed by atoms with E-state index in [1.807, 2.05) is 19.9 Å². The minimum atomic E-state index is -0.251. The zero-order valence-electron chi connectivity index (χ0n) is 11.4. The summed E-state index contributed by atoms with van der Waals surface area (Å²) >= 11 is 12.2. The lowest BCUT2D eigenvalue weighted by atomic mass is 9.94. The van der Waals surface area contributed by atoms with E-state index in [-0.39, 0.29) is 11.9 Å². The van der Waals surface area contributed by atoms with Gasteiger partial charge in [-0.15, -0.1) is 0 Å². The van der Waals surface area contributed by atoms with Crippen molar-refractivity contribution in [3.8, 4) is 0 Å². The molecule has 2 rings (SSSR count). The number of rotatable bonds is 4. The zero-order chi connectivity index (χ0) is 14.7. The third-order valence-electron chi connectivity index (χ3n) is 3.23. The lowest BCUT2D eigenvalue weighted by Gasteiger charge is -2.22. The van der Waals surface area contributed by atoms with Gasteiger partial charge in [0.2, 0.25) is 0 Å². The summed E-state index contributed by atoms with van der Waals surface area (Å²) in [5, 5.41) is 4.51. The monoisotopic (exact) mass is 311 g/mol. The molecule has 1 N–H and O–H groups in total. The second kappa shape index (κ2) is 6.57. The molecule has 0 fully saturated rings. The van der Waals surface area contributed by atoms with Gasteiger partial charge in [0.25, 0.3) is 0 Å². The van der Waals surface area contributed by atoms with Crippen molar-refractivity contribution in [1.29, 1.82) is 0 Å². The molecule has 1 unspecified atom stereocenters. The smallest absolute Gasteiger partial charge is 0.123 e. The lowest BCUT2D eigenvalue weighted by molar-refractivity contribution is 0.600. The van der Waals surface area contributed by atoms with Gasteiger partial charge in [0.1, 0.15) is 5.82 Å². The topological polar surface area (TPSA) is 12.0 Å². The molecule has 0 heterocycles. The molecule has 0 bridgehead atoms. The third kappa shape index (κ3) is 3.32. The average molecular weight is 312 g/mol. The molecule has 0 aliphatic rings. The summed E-state index contributed by atoms with van der Waals surface area (Å²) in [6.45, 7) is 4.72. The third-order valence-corrected chi connectivity index (χ3v) is 3.80. The maximum absolute atomic E-state index is 13.5. The van der Waals surface area contributed by atoms with Crippen molar-refractivity contribution in [3.63, 3.8) is 0 Å². The van der Waals surface area contributed by atoms with Crippen LogP contribution in [0.4, 0.5) is 4.39 Å². The fraction of sp³-hybridized carbons (Fsp3) is 0.250. The van der Waals surface area contributed by atoms with Gasteiger partial charge in [-0.05, 0) is 54.4 Å². The normalized spacial score (nSPS) is 12.4. The van der Waals surface area contributed by atoms with Crippen LogP contribution in [0, 0.1) is 12.7 Å². The van der Waals surface area contributed by atoms with E-state index in [9.17, 15) is 4.39 Å².